The van der Waals surface area contributed by atoms with E-state index in [0.717, 1.165) is 17.0 Å². The predicted octanol–water partition coefficient (Wildman–Crippen LogP) is 0.103. The van der Waals surface area contributed by atoms with Crippen molar-refractivity contribution in [3.8, 4) is 0 Å². The third-order valence-electron chi connectivity index (χ3n) is 3.30. The summed E-state index contributed by atoms with van der Waals surface area (Å²) in [4.78, 5) is 0.228. The summed E-state index contributed by atoms with van der Waals surface area (Å²) in [5.41, 5.74) is 7.42. The molecule has 0 aliphatic heterocycles. The van der Waals surface area contributed by atoms with Crippen molar-refractivity contribution >= 4 is 10.0 Å². The van der Waals surface area contributed by atoms with Gasteiger partial charge < -0.3 is 10.3 Å². The van der Waals surface area contributed by atoms with Gasteiger partial charge in [0.2, 0.25) is 10.0 Å². The molecule has 0 unspecified atom stereocenters. The van der Waals surface area contributed by atoms with Crippen LogP contribution in [0.3, 0.4) is 0 Å². The molecule has 1 aromatic heterocycles. The van der Waals surface area contributed by atoms with Crippen LogP contribution in [-0.2, 0) is 30.0 Å². The minimum atomic E-state index is -3.54. The van der Waals surface area contributed by atoms with Crippen LogP contribution in [0, 0.1) is 6.92 Å². The van der Waals surface area contributed by atoms with Gasteiger partial charge >= 0.3 is 0 Å². The molecular formula is C13H19N5O2S. The van der Waals surface area contributed by atoms with Gasteiger partial charge in [-0.3, -0.25) is 0 Å². The van der Waals surface area contributed by atoms with Crippen LogP contribution in [-0.4, -0.2) is 29.7 Å². The van der Waals surface area contributed by atoms with Crippen molar-refractivity contribution < 1.29 is 8.42 Å². The first kappa shape index (κ1) is 15.6. The van der Waals surface area contributed by atoms with E-state index in [9.17, 15) is 8.42 Å². The first-order chi connectivity index (χ1) is 9.94. The molecule has 0 spiro atoms. The average Bonchev–Trinajstić information content (AvgIpc) is 2.84. The summed E-state index contributed by atoms with van der Waals surface area (Å²) in [5, 5.41) is 7.66. The Morgan fingerprint density at radius 3 is 2.76 bits per heavy atom. The minimum absolute atomic E-state index is 0.228. The second-order valence-electron chi connectivity index (χ2n) is 4.80. The molecule has 21 heavy (non-hydrogen) atoms. The van der Waals surface area contributed by atoms with Crippen molar-refractivity contribution in [1.29, 1.82) is 0 Å². The van der Waals surface area contributed by atoms with E-state index in [1.54, 1.807) is 29.1 Å². The number of aromatic nitrogens is 3. The molecule has 114 valence electrons. The number of hydrogen-bond acceptors (Lipinski definition) is 5. The van der Waals surface area contributed by atoms with Gasteiger partial charge in [0.25, 0.3) is 0 Å². The van der Waals surface area contributed by atoms with Crippen LogP contribution in [0.5, 0.6) is 0 Å². The summed E-state index contributed by atoms with van der Waals surface area (Å²) < 4.78 is 28.8. The Hall–Kier alpha value is -1.77. The Labute approximate surface area is 124 Å². The zero-order chi connectivity index (χ0) is 15.5. The summed E-state index contributed by atoms with van der Waals surface area (Å²) in [7, 11) is -1.72. The Bertz CT molecular complexity index is 724. The molecule has 0 radical (unpaired) electrons. The molecule has 0 aliphatic rings. The standard InChI is InChI=1S/C13H19N5O2S/c1-10-3-4-12(7-11(10)8-14)21(19,20)16-6-5-13-17-15-9-18(13)2/h3-4,7,9,16H,5-6,8,14H2,1-2H3. The molecule has 0 atom stereocenters. The van der Waals surface area contributed by atoms with Crippen LogP contribution in [0.1, 0.15) is 17.0 Å². The number of nitrogens with two attached hydrogens (primary N) is 1. The molecule has 3 N–H and O–H groups in total. The quantitative estimate of drug-likeness (QED) is 0.788. The van der Waals surface area contributed by atoms with Gasteiger partial charge in [0.15, 0.2) is 0 Å². The molecular weight excluding hydrogens is 290 g/mol. The molecule has 0 saturated heterocycles. The van der Waals surface area contributed by atoms with E-state index in [-0.39, 0.29) is 11.4 Å². The fourth-order valence-electron chi connectivity index (χ4n) is 1.95. The fourth-order valence-corrected chi connectivity index (χ4v) is 3.03. The average molecular weight is 309 g/mol. The Morgan fingerprint density at radius 2 is 2.14 bits per heavy atom. The first-order valence-corrected chi connectivity index (χ1v) is 8.04. The summed E-state index contributed by atoms with van der Waals surface area (Å²) in [6, 6.07) is 4.96. The molecule has 0 aliphatic carbocycles. The molecule has 0 amide bonds. The minimum Gasteiger partial charge on any atom is -0.326 e. The molecule has 1 heterocycles. The van der Waals surface area contributed by atoms with Crippen LogP contribution >= 0.6 is 0 Å². The maximum absolute atomic E-state index is 12.2. The summed E-state index contributed by atoms with van der Waals surface area (Å²) in [6.07, 6.45) is 2.06. The van der Waals surface area contributed by atoms with Crippen molar-refractivity contribution in [1.82, 2.24) is 19.5 Å². The molecule has 8 heteroatoms. The Kier molecular flexibility index (Phi) is 4.71. The van der Waals surface area contributed by atoms with E-state index < -0.39 is 10.0 Å². The zero-order valence-corrected chi connectivity index (χ0v) is 12.9. The van der Waals surface area contributed by atoms with E-state index in [2.05, 4.69) is 14.9 Å². The normalized spacial score (nSPS) is 11.8. The lowest BCUT2D eigenvalue weighted by atomic mass is 10.1. The summed E-state index contributed by atoms with van der Waals surface area (Å²) >= 11 is 0. The second kappa shape index (κ2) is 6.33. The van der Waals surface area contributed by atoms with Crippen LogP contribution in [0.15, 0.2) is 29.4 Å². The van der Waals surface area contributed by atoms with E-state index in [1.807, 2.05) is 14.0 Å². The SMILES string of the molecule is Cc1ccc(S(=O)(=O)NCCc2nncn2C)cc1CN. The maximum Gasteiger partial charge on any atom is 0.240 e. The highest BCUT2D eigenvalue weighted by Gasteiger charge is 2.15. The highest BCUT2D eigenvalue weighted by molar-refractivity contribution is 7.89. The highest BCUT2D eigenvalue weighted by atomic mass is 32.2. The van der Waals surface area contributed by atoms with Crippen LogP contribution < -0.4 is 10.5 Å². The fraction of sp³-hybridized carbons (Fsp3) is 0.385. The van der Waals surface area contributed by atoms with E-state index in [4.69, 9.17) is 5.73 Å². The highest BCUT2D eigenvalue weighted by Crippen LogP contribution is 2.15. The van der Waals surface area contributed by atoms with Gasteiger partial charge in [-0.1, -0.05) is 6.07 Å². The van der Waals surface area contributed by atoms with E-state index >= 15 is 0 Å². The van der Waals surface area contributed by atoms with Gasteiger partial charge in [0.1, 0.15) is 12.2 Å². The number of benzene rings is 1. The molecule has 2 rings (SSSR count). The molecule has 0 saturated carbocycles. The van der Waals surface area contributed by atoms with Crippen LogP contribution in [0.25, 0.3) is 0 Å². The summed E-state index contributed by atoms with van der Waals surface area (Å²) in [5.74, 6) is 0.726. The van der Waals surface area contributed by atoms with Crippen LogP contribution in [0.4, 0.5) is 0 Å². The molecule has 2 aromatic rings. The lowest BCUT2D eigenvalue weighted by molar-refractivity contribution is 0.580. The lowest BCUT2D eigenvalue weighted by Gasteiger charge is -2.09. The van der Waals surface area contributed by atoms with Crippen LogP contribution in [0.2, 0.25) is 0 Å². The van der Waals surface area contributed by atoms with Gasteiger partial charge in [0, 0.05) is 26.6 Å². The third kappa shape index (κ3) is 3.66. The van der Waals surface area contributed by atoms with Crippen molar-refractivity contribution in [2.45, 2.75) is 24.8 Å². The number of aryl methyl sites for hydroxylation is 2. The van der Waals surface area contributed by atoms with E-state index in [0.29, 0.717) is 13.0 Å². The molecule has 0 fully saturated rings. The van der Waals surface area contributed by atoms with Crippen molar-refractivity contribution in [2.75, 3.05) is 6.54 Å². The third-order valence-corrected chi connectivity index (χ3v) is 4.76. The number of nitrogens with zero attached hydrogens (tertiary/aromatic N) is 3. The van der Waals surface area contributed by atoms with Gasteiger partial charge in [0.05, 0.1) is 4.90 Å². The predicted molar refractivity (Wildman–Crippen MR) is 79.0 cm³/mol. The second-order valence-corrected chi connectivity index (χ2v) is 6.57. The zero-order valence-electron chi connectivity index (χ0n) is 12.1. The Morgan fingerprint density at radius 1 is 1.38 bits per heavy atom. The topological polar surface area (TPSA) is 103 Å². The number of sulfonamides is 1. The van der Waals surface area contributed by atoms with Gasteiger partial charge in [-0.2, -0.15) is 0 Å². The van der Waals surface area contributed by atoms with Crippen molar-refractivity contribution in [3.05, 3.63) is 41.5 Å². The number of hydrogen-bond donors (Lipinski definition) is 2. The monoisotopic (exact) mass is 309 g/mol. The van der Waals surface area contributed by atoms with Gasteiger partial charge in [-0.25, -0.2) is 13.1 Å². The molecule has 1 aromatic carbocycles. The summed E-state index contributed by atoms with van der Waals surface area (Å²) in [6.45, 7) is 2.48. The van der Waals surface area contributed by atoms with Gasteiger partial charge in [-0.15, -0.1) is 10.2 Å². The molecule has 0 bridgehead atoms. The maximum atomic E-state index is 12.2. The van der Waals surface area contributed by atoms with Crippen molar-refractivity contribution in [2.24, 2.45) is 12.8 Å². The van der Waals surface area contributed by atoms with Gasteiger partial charge in [-0.05, 0) is 30.2 Å². The largest absolute Gasteiger partial charge is 0.326 e. The first-order valence-electron chi connectivity index (χ1n) is 6.56. The lowest BCUT2D eigenvalue weighted by Crippen LogP contribution is -2.26. The Balaban J connectivity index is 2.06. The number of nitrogens with one attached hydrogen (secondary N) is 1. The van der Waals surface area contributed by atoms with E-state index in [1.165, 1.54) is 0 Å². The smallest absolute Gasteiger partial charge is 0.240 e. The van der Waals surface area contributed by atoms with Crippen molar-refractivity contribution in [3.63, 3.8) is 0 Å². The molecule has 7 nitrogen and oxygen atoms in total. The number of rotatable bonds is 6.